The maximum Gasteiger partial charge on any atom is 0.223 e. The first-order chi connectivity index (χ1) is 8.00. The summed E-state index contributed by atoms with van der Waals surface area (Å²) in [5.74, 6) is 0.116. The lowest BCUT2D eigenvalue weighted by atomic mass is 9.85. The van der Waals surface area contributed by atoms with Crippen LogP contribution in [-0.4, -0.2) is 43.4 Å². The van der Waals surface area contributed by atoms with Crippen LogP contribution in [0.25, 0.3) is 0 Å². The highest BCUT2D eigenvalue weighted by atomic mass is 16.2. The molecule has 2 unspecified atom stereocenters. The van der Waals surface area contributed by atoms with Crippen LogP contribution in [-0.2, 0) is 9.59 Å². The van der Waals surface area contributed by atoms with Gasteiger partial charge in [-0.3, -0.25) is 9.59 Å². The number of carbonyl (C=O) groups is 2. The Morgan fingerprint density at radius 2 is 2.06 bits per heavy atom. The number of nitrogens with one attached hydrogen (secondary N) is 1. The molecule has 0 aromatic carbocycles. The standard InChI is InChI=1S/C12H23N3O2/c1-15(2)11(16)6-7-14-12(17)9-4-3-5-10(13)8-9/h9-10H,3-8,13H2,1-2H3,(H,14,17). The van der Waals surface area contributed by atoms with Crippen molar-refractivity contribution in [2.45, 2.75) is 38.1 Å². The second-order valence-corrected chi connectivity index (χ2v) is 4.95. The molecular weight excluding hydrogens is 218 g/mol. The highest BCUT2D eigenvalue weighted by Crippen LogP contribution is 2.22. The first-order valence-electron chi connectivity index (χ1n) is 6.24. The molecular formula is C12H23N3O2. The second-order valence-electron chi connectivity index (χ2n) is 4.95. The Labute approximate surface area is 103 Å². The highest BCUT2D eigenvalue weighted by Gasteiger charge is 2.24. The molecule has 17 heavy (non-hydrogen) atoms. The summed E-state index contributed by atoms with van der Waals surface area (Å²) in [5.41, 5.74) is 5.84. The van der Waals surface area contributed by atoms with Gasteiger partial charge in [0.2, 0.25) is 11.8 Å². The van der Waals surface area contributed by atoms with E-state index >= 15 is 0 Å². The molecule has 1 aliphatic rings. The van der Waals surface area contributed by atoms with Crippen LogP contribution in [0.4, 0.5) is 0 Å². The van der Waals surface area contributed by atoms with E-state index in [-0.39, 0.29) is 23.8 Å². The van der Waals surface area contributed by atoms with E-state index in [9.17, 15) is 9.59 Å². The first-order valence-corrected chi connectivity index (χ1v) is 6.24. The van der Waals surface area contributed by atoms with E-state index in [1.54, 1.807) is 14.1 Å². The minimum absolute atomic E-state index is 0.0330. The molecule has 0 aromatic heterocycles. The van der Waals surface area contributed by atoms with Crippen LogP contribution < -0.4 is 11.1 Å². The van der Waals surface area contributed by atoms with Gasteiger partial charge < -0.3 is 16.0 Å². The van der Waals surface area contributed by atoms with Gasteiger partial charge in [0.05, 0.1) is 0 Å². The minimum Gasteiger partial charge on any atom is -0.355 e. The molecule has 1 rings (SSSR count). The summed E-state index contributed by atoms with van der Waals surface area (Å²) in [6, 6.07) is 0.155. The van der Waals surface area contributed by atoms with Crippen molar-refractivity contribution in [2.75, 3.05) is 20.6 Å². The van der Waals surface area contributed by atoms with Crippen LogP contribution in [0.2, 0.25) is 0 Å². The highest BCUT2D eigenvalue weighted by molar-refractivity contribution is 5.80. The van der Waals surface area contributed by atoms with Gasteiger partial charge in [-0.15, -0.1) is 0 Å². The molecule has 0 spiro atoms. The van der Waals surface area contributed by atoms with E-state index in [0.29, 0.717) is 13.0 Å². The second kappa shape index (κ2) is 6.59. The molecule has 0 aliphatic heterocycles. The van der Waals surface area contributed by atoms with Crippen LogP contribution in [0.5, 0.6) is 0 Å². The van der Waals surface area contributed by atoms with Crippen LogP contribution in [0.1, 0.15) is 32.1 Å². The average molecular weight is 241 g/mol. The Morgan fingerprint density at radius 3 is 2.65 bits per heavy atom. The van der Waals surface area contributed by atoms with E-state index in [1.165, 1.54) is 4.90 Å². The SMILES string of the molecule is CN(C)C(=O)CCNC(=O)C1CCCC(N)C1. The summed E-state index contributed by atoms with van der Waals surface area (Å²) in [6.45, 7) is 0.418. The van der Waals surface area contributed by atoms with Crippen molar-refractivity contribution >= 4 is 11.8 Å². The number of nitrogens with two attached hydrogens (primary N) is 1. The predicted molar refractivity (Wildman–Crippen MR) is 66.3 cm³/mol. The zero-order chi connectivity index (χ0) is 12.8. The van der Waals surface area contributed by atoms with Gasteiger partial charge in [0.25, 0.3) is 0 Å². The van der Waals surface area contributed by atoms with Crippen molar-refractivity contribution in [3.8, 4) is 0 Å². The van der Waals surface area contributed by atoms with Crippen LogP contribution in [0.15, 0.2) is 0 Å². The molecule has 1 saturated carbocycles. The van der Waals surface area contributed by atoms with Crippen LogP contribution in [0, 0.1) is 5.92 Å². The Balaban J connectivity index is 2.22. The minimum atomic E-state index is 0.0330. The molecule has 5 nitrogen and oxygen atoms in total. The molecule has 1 fully saturated rings. The number of rotatable bonds is 4. The van der Waals surface area contributed by atoms with Gasteiger partial charge in [0.1, 0.15) is 0 Å². The smallest absolute Gasteiger partial charge is 0.223 e. The quantitative estimate of drug-likeness (QED) is 0.733. The summed E-state index contributed by atoms with van der Waals surface area (Å²) in [6.07, 6.45) is 4.09. The molecule has 0 bridgehead atoms. The number of nitrogens with zero attached hydrogens (tertiary/aromatic N) is 1. The van der Waals surface area contributed by atoms with Gasteiger partial charge in [-0.05, 0) is 19.3 Å². The molecule has 2 atom stereocenters. The third-order valence-corrected chi connectivity index (χ3v) is 3.22. The Hall–Kier alpha value is -1.10. The number of hydrogen-bond donors (Lipinski definition) is 2. The average Bonchev–Trinajstić information content (AvgIpc) is 2.28. The summed E-state index contributed by atoms with van der Waals surface area (Å²) < 4.78 is 0. The van der Waals surface area contributed by atoms with Gasteiger partial charge in [-0.25, -0.2) is 0 Å². The lowest BCUT2D eigenvalue weighted by Crippen LogP contribution is -2.39. The molecule has 98 valence electrons. The molecule has 0 heterocycles. The lowest BCUT2D eigenvalue weighted by Gasteiger charge is -2.25. The van der Waals surface area contributed by atoms with Crippen molar-refractivity contribution in [1.29, 1.82) is 0 Å². The van der Waals surface area contributed by atoms with E-state index in [0.717, 1.165) is 25.7 Å². The molecule has 1 aliphatic carbocycles. The maximum absolute atomic E-state index is 11.8. The fourth-order valence-electron chi connectivity index (χ4n) is 2.13. The molecule has 2 amide bonds. The molecule has 0 saturated heterocycles. The Morgan fingerprint density at radius 1 is 1.35 bits per heavy atom. The van der Waals surface area contributed by atoms with Gasteiger partial charge in [0.15, 0.2) is 0 Å². The fraction of sp³-hybridized carbons (Fsp3) is 0.833. The Kier molecular flexibility index (Phi) is 5.41. The monoisotopic (exact) mass is 241 g/mol. The molecule has 0 radical (unpaired) electrons. The summed E-state index contributed by atoms with van der Waals surface area (Å²) >= 11 is 0. The zero-order valence-electron chi connectivity index (χ0n) is 10.7. The molecule has 0 aromatic rings. The number of carbonyl (C=O) groups excluding carboxylic acids is 2. The normalized spacial score (nSPS) is 24.2. The summed E-state index contributed by atoms with van der Waals surface area (Å²) in [7, 11) is 3.43. The third kappa shape index (κ3) is 4.73. The van der Waals surface area contributed by atoms with Gasteiger partial charge >= 0.3 is 0 Å². The van der Waals surface area contributed by atoms with E-state index < -0.39 is 0 Å². The van der Waals surface area contributed by atoms with Crippen molar-refractivity contribution in [2.24, 2.45) is 11.7 Å². The third-order valence-electron chi connectivity index (χ3n) is 3.22. The van der Waals surface area contributed by atoms with Crippen molar-refractivity contribution in [1.82, 2.24) is 10.2 Å². The zero-order valence-corrected chi connectivity index (χ0v) is 10.7. The topological polar surface area (TPSA) is 75.4 Å². The van der Waals surface area contributed by atoms with Gasteiger partial charge in [0, 0.05) is 39.0 Å². The van der Waals surface area contributed by atoms with Gasteiger partial charge in [-0.1, -0.05) is 6.42 Å². The first kappa shape index (κ1) is 14.0. The lowest BCUT2D eigenvalue weighted by molar-refractivity contribution is -0.129. The summed E-state index contributed by atoms with van der Waals surface area (Å²) in [4.78, 5) is 24.6. The fourth-order valence-corrected chi connectivity index (χ4v) is 2.13. The van der Waals surface area contributed by atoms with E-state index in [4.69, 9.17) is 5.73 Å². The van der Waals surface area contributed by atoms with E-state index in [2.05, 4.69) is 5.32 Å². The molecule has 3 N–H and O–H groups in total. The number of hydrogen-bond acceptors (Lipinski definition) is 3. The van der Waals surface area contributed by atoms with Crippen molar-refractivity contribution in [3.63, 3.8) is 0 Å². The van der Waals surface area contributed by atoms with Gasteiger partial charge in [-0.2, -0.15) is 0 Å². The van der Waals surface area contributed by atoms with Crippen molar-refractivity contribution in [3.05, 3.63) is 0 Å². The Bertz CT molecular complexity index is 279. The predicted octanol–water partition coefficient (Wildman–Crippen LogP) is 0.0984. The van der Waals surface area contributed by atoms with Crippen LogP contribution in [0.3, 0.4) is 0 Å². The summed E-state index contributed by atoms with van der Waals surface area (Å²) in [5, 5.41) is 2.82. The largest absolute Gasteiger partial charge is 0.355 e. The maximum atomic E-state index is 11.8. The molecule has 5 heteroatoms. The number of amides is 2. The van der Waals surface area contributed by atoms with Crippen LogP contribution >= 0.6 is 0 Å². The van der Waals surface area contributed by atoms with Crippen molar-refractivity contribution < 1.29 is 9.59 Å². The van der Waals surface area contributed by atoms with E-state index in [1.807, 2.05) is 0 Å².